The highest BCUT2D eigenvalue weighted by atomic mass is 35.5. The number of halogens is 2. The summed E-state index contributed by atoms with van der Waals surface area (Å²) in [6.07, 6.45) is 2.38. The molecule has 0 radical (unpaired) electrons. The summed E-state index contributed by atoms with van der Waals surface area (Å²) in [5, 5.41) is 0.349. The molecule has 0 atom stereocenters. The van der Waals surface area contributed by atoms with Gasteiger partial charge in [-0.3, -0.25) is 19.5 Å². The molecule has 1 N–H and O–H groups in total. The summed E-state index contributed by atoms with van der Waals surface area (Å²) in [7, 11) is 0. The Balaban J connectivity index is 1.08. The van der Waals surface area contributed by atoms with Crippen LogP contribution in [0.25, 0.3) is 11.1 Å². The first-order valence-corrected chi connectivity index (χ1v) is 12.6. The summed E-state index contributed by atoms with van der Waals surface area (Å²) in [6, 6.07) is 9.93. The Hall–Kier alpha value is -3.17. The van der Waals surface area contributed by atoms with Crippen LogP contribution in [0, 0.1) is 5.82 Å². The molecule has 0 unspecified atom stereocenters. The van der Waals surface area contributed by atoms with Crippen molar-refractivity contribution in [3.05, 3.63) is 68.9 Å². The number of aromatic amines is 1. The smallest absolute Gasteiger partial charge is 0.408 e. The molecule has 0 aliphatic carbocycles. The van der Waals surface area contributed by atoms with E-state index < -0.39 is 5.76 Å². The van der Waals surface area contributed by atoms with Gasteiger partial charge in [0.2, 0.25) is 5.91 Å². The number of piperidine rings is 1. The lowest BCUT2D eigenvalue weighted by atomic mass is 10.0. The molecule has 8 nitrogen and oxygen atoms in total. The number of hydrogen-bond acceptors (Lipinski definition) is 5. The number of piperazine rings is 1. The van der Waals surface area contributed by atoms with Gasteiger partial charge in [0.15, 0.2) is 5.58 Å². The zero-order chi connectivity index (χ0) is 25.2. The fourth-order valence-electron chi connectivity index (χ4n) is 5.16. The first-order valence-electron chi connectivity index (χ1n) is 12.3. The van der Waals surface area contributed by atoms with Crippen molar-refractivity contribution in [1.29, 1.82) is 0 Å². The van der Waals surface area contributed by atoms with Gasteiger partial charge in [-0.25, -0.2) is 9.18 Å². The second-order valence-electron chi connectivity index (χ2n) is 9.40. The van der Waals surface area contributed by atoms with Gasteiger partial charge >= 0.3 is 5.76 Å². The van der Waals surface area contributed by atoms with Crippen molar-refractivity contribution in [3.63, 3.8) is 0 Å². The molecular formula is C26H28ClFN4O4. The zero-order valence-electron chi connectivity index (χ0n) is 19.8. The number of nitrogens with zero attached hydrogens (tertiary/aromatic N) is 3. The Morgan fingerprint density at radius 1 is 1.00 bits per heavy atom. The number of fused-ring (bicyclic) bond motifs is 1. The standard InChI is InChI=1S/C26H28ClFN4O4/c27-19-4-1-17(21(28)16-19)3-6-24(33)31-13-11-30(12-14-31)20-7-9-32(10-8-20)25(34)18-2-5-22-23(15-18)36-26(35)29-22/h1-2,4-5,15-16,20H,3,6-14H2,(H,29,35). The molecule has 2 aliphatic rings. The average Bonchev–Trinajstić information content (AvgIpc) is 3.27. The quantitative estimate of drug-likeness (QED) is 0.564. The number of likely N-dealkylation sites (tertiary alicyclic amines) is 1. The molecule has 0 saturated carbocycles. The van der Waals surface area contributed by atoms with Crippen molar-refractivity contribution in [2.75, 3.05) is 39.3 Å². The molecule has 36 heavy (non-hydrogen) atoms. The maximum atomic E-state index is 14.0. The van der Waals surface area contributed by atoms with E-state index in [-0.39, 0.29) is 24.1 Å². The minimum absolute atomic E-state index is 0.0413. The molecule has 0 spiro atoms. The minimum atomic E-state index is -0.535. The third kappa shape index (κ3) is 5.32. The van der Waals surface area contributed by atoms with E-state index in [2.05, 4.69) is 9.88 Å². The van der Waals surface area contributed by atoms with Crippen molar-refractivity contribution in [2.45, 2.75) is 31.7 Å². The molecule has 3 heterocycles. The first kappa shape index (κ1) is 24.5. The van der Waals surface area contributed by atoms with E-state index in [1.54, 1.807) is 30.3 Å². The van der Waals surface area contributed by atoms with Crippen LogP contribution in [0.5, 0.6) is 0 Å². The highest BCUT2D eigenvalue weighted by molar-refractivity contribution is 6.30. The highest BCUT2D eigenvalue weighted by Crippen LogP contribution is 2.22. The molecule has 2 amide bonds. The summed E-state index contributed by atoms with van der Waals surface area (Å²) in [5.74, 6) is -0.930. The molecule has 10 heteroatoms. The number of hydrogen-bond donors (Lipinski definition) is 1. The van der Waals surface area contributed by atoms with Crippen LogP contribution in [0.2, 0.25) is 5.02 Å². The Morgan fingerprint density at radius 2 is 1.75 bits per heavy atom. The van der Waals surface area contributed by atoms with Crippen molar-refractivity contribution in [2.24, 2.45) is 0 Å². The van der Waals surface area contributed by atoms with Crippen LogP contribution in [0.4, 0.5) is 4.39 Å². The molecule has 2 aromatic carbocycles. The molecule has 190 valence electrons. The van der Waals surface area contributed by atoms with Gasteiger partial charge in [-0.05, 0) is 55.2 Å². The average molecular weight is 515 g/mol. The van der Waals surface area contributed by atoms with Gasteiger partial charge in [-0.2, -0.15) is 0 Å². The van der Waals surface area contributed by atoms with Crippen LogP contribution < -0.4 is 5.76 Å². The number of aromatic nitrogens is 1. The number of carbonyl (C=O) groups excluding carboxylic acids is 2. The van der Waals surface area contributed by atoms with Gasteiger partial charge in [0.05, 0.1) is 5.52 Å². The fraction of sp³-hybridized carbons (Fsp3) is 0.423. The molecule has 5 rings (SSSR count). The second kappa shape index (κ2) is 10.4. The Bertz CT molecular complexity index is 1320. The van der Waals surface area contributed by atoms with E-state index in [1.807, 2.05) is 9.80 Å². The van der Waals surface area contributed by atoms with Gasteiger partial charge in [-0.15, -0.1) is 0 Å². The molecular weight excluding hydrogens is 487 g/mol. The molecule has 0 bridgehead atoms. The number of aryl methyl sites for hydroxylation is 1. The van der Waals surface area contributed by atoms with Crippen molar-refractivity contribution in [1.82, 2.24) is 19.7 Å². The molecule has 2 aliphatic heterocycles. The predicted molar refractivity (Wildman–Crippen MR) is 134 cm³/mol. The van der Waals surface area contributed by atoms with Gasteiger partial charge in [0.1, 0.15) is 5.82 Å². The topological polar surface area (TPSA) is 89.9 Å². The summed E-state index contributed by atoms with van der Waals surface area (Å²) < 4.78 is 19.1. The SMILES string of the molecule is O=C(CCc1ccc(Cl)cc1F)N1CCN(C2CCN(C(=O)c3ccc4[nH]c(=O)oc4c3)CC2)CC1. The maximum absolute atomic E-state index is 14.0. The Labute approximate surface area is 212 Å². The molecule has 1 aromatic heterocycles. The lowest BCUT2D eigenvalue weighted by Gasteiger charge is -2.42. The number of nitrogens with one attached hydrogen (secondary N) is 1. The van der Waals surface area contributed by atoms with Crippen LogP contribution in [0.1, 0.15) is 35.2 Å². The molecule has 2 fully saturated rings. The first-order chi connectivity index (χ1) is 17.4. The normalized spacial score (nSPS) is 17.6. The van der Waals surface area contributed by atoms with Gasteiger partial charge in [-0.1, -0.05) is 17.7 Å². The second-order valence-corrected chi connectivity index (χ2v) is 9.84. The summed E-state index contributed by atoms with van der Waals surface area (Å²) in [4.78, 5) is 45.7. The maximum Gasteiger partial charge on any atom is 0.417 e. The van der Waals surface area contributed by atoms with E-state index in [1.165, 1.54) is 6.07 Å². The number of carbonyl (C=O) groups is 2. The van der Waals surface area contributed by atoms with Crippen LogP contribution in [-0.2, 0) is 11.2 Å². The van der Waals surface area contributed by atoms with Crippen LogP contribution in [0.3, 0.4) is 0 Å². The van der Waals surface area contributed by atoms with Gasteiger partial charge < -0.3 is 14.2 Å². The van der Waals surface area contributed by atoms with E-state index in [4.69, 9.17) is 16.0 Å². The third-order valence-electron chi connectivity index (χ3n) is 7.23. The van der Waals surface area contributed by atoms with Crippen LogP contribution in [-0.4, -0.2) is 76.8 Å². The largest absolute Gasteiger partial charge is 0.417 e. The third-order valence-corrected chi connectivity index (χ3v) is 7.46. The van der Waals surface area contributed by atoms with Crippen molar-refractivity contribution in [3.8, 4) is 0 Å². The lowest BCUT2D eigenvalue weighted by Crippen LogP contribution is -2.54. The van der Waals surface area contributed by atoms with Crippen LogP contribution in [0.15, 0.2) is 45.6 Å². The number of rotatable bonds is 5. The zero-order valence-corrected chi connectivity index (χ0v) is 20.6. The van der Waals surface area contributed by atoms with E-state index in [0.29, 0.717) is 65.9 Å². The van der Waals surface area contributed by atoms with Crippen molar-refractivity contribution < 1.29 is 18.4 Å². The van der Waals surface area contributed by atoms with E-state index >= 15 is 0 Å². The predicted octanol–water partition coefficient (Wildman–Crippen LogP) is 3.30. The highest BCUT2D eigenvalue weighted by Gasteiger charge is 2.30. The lowest BCUT2D eigenvalue weighted by molar-refractivity contribution is -0.133. The van der Waals surface area contributed by atoms with Gasteiger partial charge in [0, 0.05) is 62.3 Å². The van der Waals surface area contributed by atoms with E-state index in [0.717, 1.165) is 25.9 Å². The summed E-state index contributed by atoms with van der Waals surface area (Å²) in [6.45, 7) is 4.21. The Kier molecular flexibility index (Phi) is 7.11. The Morgan fingerprint density at radius 3 is 2.47 bits per heavy atom. The number of oxazole rings is 1. The molecule has 2 saturated heterocycles. The summed E-state index contributed by atoms with van der Waals surface area (Å²) in [5.41, 5.74) is 1.97. The molecule has 3 aromatic rings. The summed E-state index contributed by atoms with van der Waals surface area (Å²) >= 11 is 5.80. The number of H-pyrrole nitrogens is 1. The number of benzene rings is 2. The van der Waals surface area contributed by atoms with Crippen molar-refractivity contribution >= 4 is 34.5 Å². The number of amides is 2. The fourth-order valence-corrected chi connectivity index (χ4v) is 5.31. The van der Waals surface area contributed by atoms with E-state index in [9.17, 15) is 18.8 Å². The van der Waals surface area contributed by atoms with Crippen LogP contribution >= 0.6 is 11.6 Å². The minimum Gasteiger partial charge on any atom is -0.408 e. The van der Waals surface area contributed by atoms with Gasteiger partial charge in [0.25, 0.3) is 5.91 Å². The monoisotopic (exact) mass is 514 g/mol.